The fourth-order valence-corrected chi connectivity index (χ4v) is 8.64. The van der Waals surface area contributed by atoms with Crippen LogP contribution in [-0.4, -0.2) is 34.9 Å². The molecule has 0 aliphatic heterocycles. The monoisotopic (exact) mass is 982 g/mol. The van der Waals surface area contributed by atoms with Gasteiger partial charge >= 0.3 is 0 Å². The molecule has 0 bridgehead atoms. The zero-order valence-electron chi connectivity index (χ0n) is 46.7. The summed E-state index contributed by atoms with van der Waals surface area (Å²) in [5, 5.41) is 23.2. The first-order valence-corrected chi connectivity index (χ1v) is 30.2. The van der Waals surface area contributed by atoms with Gasteiger partial charge in [0.2, 0.25) is 5.91 Å². The van der Waals surface area contributed by atoms with Gasteiger partial charge < -0.3 is 15.5 Å². The molecule has 0 radical (unpaired) electrons. The lowest BCUT2D eigenvalue weighted by molar-refractivity contribution is -0.123. The minimum atomic E-state index is -0.864. The number of carbonyl (C=O) groups excluding carboxylic acids is 1. The third-order valence-corrected chi connectivity index (χ3v) is 13.2. The number of unbranched alkanes of at least 4 members (excludes halogenated alkanes) is 29. The fourth-order valence-electron chi connectivity index (χ4n) is 8.64. The molecule has 2 atom stereocenters. The predicted octanol–water partition coefficient (Wildman–Crippen LogP) is 20.4. The van der Waals surface area contributed by atoms with Crippen molar-refractivity contribution in [1.29, 1.82) is 0 Å². The van der Waals surface area contributed by atoms with E-state index in [0.717, 1.165) is 96.3 Å². The van der Waals surface area contributed by atoms with Crippen molar-refractivity contribution in [2.45, 2.75) is 289 Å². The standard InChI is InChI=1S/C67H115NO3/c1-3-5-7-9-11-13-15-17-19-21-23-25-27-29-31-33-34-35-37-39-41-43-45-47-49-51-53-55-57-59-61-63-67(71)68-65(64-69)66(70)62-60-58-56-54-52-50-48-46-44-42-40-38-36-32-30-28-26-24-22-20-18-16-14-12-10-8-6-4-2/h5,7,11,13,17,19,23,25,29,31,34-35,39,41,45,47,51,53,60,62,65-66,69-70H,3-4,6,8-10,12,14-16,18,20-22,24,26-28,30,32-33,36-38,40,42-44,46,48-50,52,54-59,61,63-64H2,1-2H3,(H,68,71)/b7-5-,13-11-,19-17-,25-23-,31-29-,35-34-,41-39-,47-45-,53-51-,62-60+. The van der Waals surface area contributed by atoms with Crippen LogP contribution in [0, 0.1) is 0 Å². The quantitative estimate of drug-likeness (QED) is 0.0420. The van der Waals surface area contributed by atoms with E-state index in [1.807, 2.05) is 6.08 Å². The van der Waals surface area contributed by atoms with E-state index in [1.165, 1.54) is 161 Å². The lowest BCUT2D eigenvalue weighted by atomic mass is 10.0. The Bertz CT molecular complexity index is 1390. The molecule has 0 aromatic rings. The summed E-state index contributed by atoms with van der Waals surface area (Å²) >= 11 is 0. The second kappa shape index (κ2) is 61.1. The van der Waals surface area contributed by atoms with Gasteiger partial charge in [-0.1, -0.05) is 302 Å². The molecule has 2 unspecified atom stereocenters. The molecular formula is C67H115NO3. The van der Waals surface area contributed by atoms with Crippen LogP contribution in [0.1, 0.15) is 277 Å². The molecule has 0 fully saturated rings. The summed E-state index contributed by atoms with van der Waals surface area (Å²) in [6, 6.07) is -0.651. The first-order valence-electron chi connectivity index (χ1n) is 30.2. The molecule has 0 spiro atoms. The van der Waals surface area contributed by atoms with E-state index in [4.69, 9.17) is 0 Å². The highest BCUT2D eigenvalue weighted by atomic mass is 16.3. The van der Waals surface area contributed by atoms with Gasteiger partial charge in [0.25, 0.3) is 0 Å². The van der Waals surface area contributed by atoms with Crippen LogP contribution in [0.4, 0.5) is 0 Å². The number of aliphatic hydroxyl groups is 2. The molecule has 3 N–H and O–H groups in total. The molecule has 0 aromatic heterocycles. The van der Waals surface area contributed by atoms with Gasteiger partial charge in [0.15, 0.2) is 0 Å². The Labute approximate surface area is 441 Å². The molecule has 406 valence electrons. The van der Waals surface area contributed by atoms with Crippen molar-refractivity contribution in [3.63, 3.8) is 0 Å². The van der Waals surface area contributed by atoms with E-state index >= 15 is 0 Å². The van der Waals surface area contributed by atoms with Gasteiger partial charge in [0, 0.05) is 6.42 Å². The van der Waals surface area contributed by atoms with Gasteiger partial charge in [-0.05, 0) is 89.9 Å². The molecule has 0 heterocycles. The van der Waals surface area contributed by atoms with Crippen LogP contribution in [0.25, 0.3) is 0 Å². The summed E-state index contributed by atoms with van der Waals surface area (Å²) in [7, 11) is 0. The Balaban J connectivity index is 3.63. The number of nitrogens with one attached hydrogen (secondary N) is 1. The molecule has 71 heavy (non-hydrogen) atoms. The first-order chi connectivity index (χ1) is 35.2. The minimum Gasteiger partial charge on any atom is -0.394 e. The van der Waals surface area contributed by atoms with Crippen LogP contribution in [0.15, 0.2) is 122 Å². The SMILES string of the molecule is CC/C=C\C/C=C\C/C=C\C/C=C\C/C=C\C/C=C\C/C=C\C/C=C\C/C=C\CCCCCC(=O)NC(CO)C(O)/C=C/CCCCCCCCCCCCCCCCCCCCCCCCCCCC. The summed E-state index contributed by atoms with van der Waals surface area (Å²) in [5.41, 5.74) is 0. The molecule has 0 saturated carbocycles. The Morgan fingerprint density at radius 3 is 0.930 bits per heavy atom. The second-order valence-electron chi connectivity index (χ2n) is 20.0. The van der Waals surface area contributed by atoms with Crippen molar-refractivity contribution < 1.29 is 15.0 Å². The predicted molar refractivity (Wildman–Crippen MR) is 317 cm³/mol. The number of amides is 1. The third-order valence-electron chi connectivity index (χ3n) is 13.2. The van der Waals surface area contributed by atoms with Gasteiger partial charge in [0.05, 0.1) is 18.8 Å². The summed E-state index contributed by atoms with van der Waals surface area (Å²) in [5.74, 6) is -0.0982. The Morgan fingerprint density at radius 1 is 0.352 bits per heavy atom. The minimum absolute atomic E-state index is 0.0982. The Hall–Kier alpha value is -3.21. The number of carbonyl (C=O) groups is 1. The van der Waals surface area contributed by atoms with E-state index in [-0.39, 0.29) is 12.5 Å². The van der Waals surface area contributed by atoms with Crippen LogP contribution in [0.2, 0.25) is 0 Å². The molecule has 4 nitrogen and oxygen atoms in total. The lowest BCUT2D eigenvalue weighted by Gasteiger charge is -2.19. The third kappa shape index (κ3) is 57.6. The summed E-state index contributed by atoms with van der Waals surface area (Å²) < 4.78 is 0. The molecule has 0 aliphatic carbocycles. The maximum atomic E-state index is 12.5. The molecule has 1 amide bonds. The second-order valence-corrected chi connectivity index (χ2v) is 20.0. The summed E-state index contributed by atoms with van der Waals surface area (Å²) in [6.45, 7) is 4.19. The Morgan fingerprint density at radius 2 is 0.620 bits per heavy atom. The van der Waals surface area contributed by atoms with Gasteiger partial charge in [0.1, 0.15) is 0 Å². The largest absolute Gasteiger partial charge is 0.394 e. The average Bonchev–Trinajstić information content (AvgIpc) is 3.37. The van der Waals surface area contributed by atoms with Gasteiger partial charge in [-0.15, -0.1) is 0 Å². The van der Waals surface area contributed by atoms with E-state index < -0.39 is 12.1 Å². The van der Waals surface area contributed by atoms with Crippen LogP contribution >= 0.6 is 0 Å². The normalized spacial score (nSPS) is 13.7. The summed E-state index contributed by atoms with van der Waals surface area (Å²) in [4.78, 5) is 12.5. The zero-order valence-corrected chi connectivity index (χ0v) is 46.7. The highest BCUT2D eigenvalue weighted by Gasteiger charge is 2.18. The number of aliphatic hydroxyl groups excluding tert-OH is 2. The van der Waals surface area contributed by atoms with Gasteiger partial charge in [-0.25, -0.2) is 0 Å². The molecule has 0 saturated heterocycles. The van der Waals surface area contributed by atoms with Crippen LogP contribution in [0.5, 0.6) is 0 Å². The van der Waals surface area contributed by atoms with E-state index in [2.05, 4.69) is 129 Å². The number of allylic oxidation sites excluding steroid dienone is 19. The average molecular weight is 983 g/mol. The molecule has 0 rings (SSSR count). The van der Waals surface area contributed by atoms with E-state index in [0.29, 0.717) is 6.42 Å². The van der Waals surface area contributed by atoms with E-state index in [1.54, 1.807) is 6.08 Å². The molecular weight excluding hydrogens is 867 g/mol. The molecule has 0 aliphatic rings. The van der Waals surface area contributed by atoms with Gasteiger partial charge in [-0.3, -0.25) is 4.79 Å². The molecule has 4 heteroatoms. The fraction of sp³-hybridized carbons (Fsp3) is 0.687. The van der Waals surface area contributed by atoms with Crippen LogP contribution < -0.4 is 5.32 Å². The van der Waals surface area contributed by atoms with Crippen molar-refractivity contribution in [3.8, 4) is 0 Å². The first kappa shape index (κ1) is 67.8. The smallest absolute Gasteiger partial charge is 0.220 e. The lowest BCUT2D eigenvalue weighted by Crippen LogP contribution is -2.45. The van der Waals surface area contributed by atoms with Crippen LogP contribution in [-0.2, 0) is 4.79 Å². The Kier molecular flexibility index (Phi) is 58.3. The maximum Gasteiger partial charge on any atom is 0.220 e. The van der Waals surface area contributed by atoms with Gasteiger partial charge in [-0.2, -0.15) is 0 Å². The van der Waals surface area contributed by atoms with E-state index in [9.17, 15) is 15.0 Å². The van der Waals surface area contributed by atoms with Crippen molar-refractivity contribution in [2.24, 2.45) is 0 Å². The van der Waals surface area contributed by atoms with Crippen molar-refractivity contribution >= 4 is 5.91 Å². The number of hydrogen-bond acceptors (Lipinski definition) is 3. The number of rotatable bonds is 54. The van der Waals surface area contributed by atoms with Crippen molar-refractivity contribution in [2.75, 3.05) is 6.61 Å². The maximum absolute atomic E-state index is 12.5. The zero-order chi connectivity index (χ0) is 51.3. The van der Waals surface area contributed by atoms with Crippen molar-refractivity contribution in [1.82, 2.24) is 5.32 Å². The molecule has 0 aromatic carbocycles. The topological polar surface area (TPSA) is 69.6 Å². The van der Waals surface area contributed by atoms with Crippen molar-refractivity contribution in [3.05, 3.63) is 122 Å². The highest BCUT2D eigenvalue weighted by molar-refractivity contribution is 5.76. The highest BCUT2D eigenvalue weighted by Crippen LogP contribution is 2.17. The number of hydrogen-bond donors (Lipinski definition) is 3. The van der Waals surface area contributed by atoms with Crippen LogP contribution in [0.3, 0.4) is 0 Å². The summed E-state index contributed by atoms with van der Waals surface area (Å²) in [6.07, 6.45) is 93.7.